The molecule has 2 atom stereocenters. The van der Waals surface area contributed by atoms with Crippen molar-refractivity contribution in [3.63, 3.8) is 0 Å². The van der Waals surface area contributed by atoms with Crippen LogP contribution in [0.1, 0.15) is 41.5 Å². The van der Waals surface area contributed by atoms with E-state index in [-0.39, 0.29) is 11.6 Å². The van der Waals surface area contributed by atoms with Crippen molar-refractivity contribution in [3.8, 4) is 0 Å². The first-order valence-corrected chi connectivity index (χ1v) is 12.0. The van der Waals surface area contributed by atoms with Crippen molar-refractivity contribution in [3.05, 3.63) is 112 Å². The quantitative estimate of drug-likeness (QED) is 0.433. The summed E-state index contributed by atoms with van der Waals surface area (Å²) >= 11 is 0. The molecule has 1 aromatic heterocycles. The van der Waals surface area contributed by atoms with Crippen LogP contribution in [0.2, 0.25) is 0 Å². The second-order valence-electron chi connectivity index (χ2n) is 9.44. The van der Waals surface area contributed by atoms with Crippen LogP contribution in [0.3, 0.4) is 0 Å². The second kappa shape index (κ2) is 8.53. The van der Waals surface area contributed by atoms with Gasteiger partial charge in [-0.25, -0.2) is 0 Å². The maximum atomic E-state index is 12.6. The van der Waals surface area contributed by atoms with Gasteiger partial charge in [0.05, 0.1) is 6.04 Å². The lowest BCUT2D eigenvalue weighted by molar-refractivity contribution is 0.158. The van der Waals surface area contributed by atoms with Gasteiger partial charge in [0.15, 0.2) is 0 Å². The smallest absolute Gasteiger partial charge is 0.253 e. The molecule has 0 spiro atoms. The average molecular weight is 436 g/mol. The number of hydrogen-bond acceptors (Lipinski definition) is 3. The largest absolute Gasteiger partial charge is 0.377 e. The summed E-state index contributed by atoms with van der Waals surface area (Å²) in [7, 11) is 0. The van der Waals surface area contributed by atoms with Gasteiger partial charge in [-0.05, 0) is 71.9 Å². The summed E-state index contributed by atoms with van der Waals surface area (Å²) < 4.78 is 0. The van der Waals surface area contributed by atoms with E-state index in [1.165, 1.54) is 27.6 Å². The van der Waals surface area contributed by atoms with Gasteiger partial charge < -0.3 is 10.3 Å². The molecule has 6 rings (SSSR count). The van der Waals surface area contributed by atoms with E-state index in [1.54, 1.807) is 6.20 Å². The number of fused-ring (bicyclic) bond motifs is 2. The molecular formula is C29H29N3O. The Morgan fingerprint density at radius 2 is 1.58 bits per heavy atom. The predicted octanol–water partition coefficient (Wildman–Crippen LogP) is 5.69. The van der Waals surface area contributed by atoms with Crippen molar-refractivity contribution in [2.45, 2.75) is 31.3 Å². The van der Waals surface area contributed by atoms with Crippen molar-refractivity contribution >= 4 is 16.5 Å². The fourth-order valence-corrected chi connectivity index (χ4v) is 5.97. The van der Waals surface area contributed by atoms with Crippen molar-refractivity contribution in [2.24, 2.45) is 5.92 Å². The summed E-state index contributed by atoms with van der Waals surface area (Å²) in [5.74, 6) is 0.874. The molecule has 4 nitrogen and oxygen atoms in total. The van der Waals surface area contributed by atoms with Crippen molar-refractivity contribution in [2.75, 3.05) is 18.4 Å². The minimum Gasteiger partial charge on any atom is -0.377 e. The lowest BCUT2D eigenvalue weighted by Gasteiger charge is -2.37. The standard InChI is InChI=1S/C29H29N3O/c33-29-25(12-6-16-30-29)28-27(24-11-3-4-13-26(24)31-28)21-14-17-32(18-15-21)19-22-9-5-8-20-7-1-2-10-23(20)22/h1-13,16,21,27-28,31H,14-15,17-19H2,(H,30,33). The zero-order valence-electron chi connectivity index (χ0n) is 18.7. The fraction of sp³-hybridized carbons (Fsp3) is 0.276. The minimum atomic E-state index is 0.0150. The van der Waals surface area contributed by atoms with Gasteiger partial charge in [0.2, 0.25) is 0 Å². The number of likely N-dealkylation sites (tertiary alicyclic amines) is 1. The van der Waals surface area contributed by atoms with Crippen LogP contribution in [-0.2, 0) is 6.54 Å². The highest BCUT2D eigenvalue weighted by molar-refractivity contribution is 5.85. The topological polar surface area (TPSA) is 48.1 Å². The highest BCUT2D eigenvalue weighted by Gasteiger charge is 2.40. The van der Waals surface area contributed by atoms with E-state index in [2.05, 4.69) is 81.9 Å². The normalized spacial score (nSPS) is 21.1. The number of anilines is 1. The molecule has 1 fully saturated rings. The molecule has 2 aliphatic rings. The minimum absolute atomic E-state index is 0.0150. The molecule has 0 bridgehead atoms. The van der Waals surface area contributed by atoms with E-state index in [1.807, 2.05) is 12.1 Å². The lowest BCUT2D eigenvalue weighted by Crippen LogP contribution is -2.36. The molecular weight excluding hydrogens is 406 g/mol. The van der Waals surface area contributed by atoms with Crippen LogP contribution in [0.25, 0.3) is 10.8 Å². The first kappa shape index (κ1) is 20.3. The van der Waals surface area contributed by atoms with E-state index < -0.39 is 0 Å². The van der Waals surface area contributed by atoms with E-state index in [0.717, 1.165) is 38.0 Å². The lowest BCUT2D eigenvalue weighted by atomic mass is 9.76. The van der Waals surface area contributed by atoms with Gasteiger partial charge in [-0.2, -0.15) is 0 Å². The molecule has 2 aliphatic heterocycles. The summed E-state index contributed by atoms with van der Waals surface area (Å²) in [6, 6.07) is 27.8. The zero-order valence-corrected chi connectivity index (χ0v) is 18.7. The number of para-hydroxylation sites is 1. The summed E-state index contributed by atoms with van der Waals surface area (Å²) in [6.45, 7) is 3.17. The molecule has 2 N–H and O–H groups in total. The maximum Gasteiger partial charge on any atom is 0.253 e. The number of rotatable bonds is 4. The SMILES string of the molecule is O=c1[nH]cccc1C1Nc2ccccc2C1C1CCN(Cc2cccc3ccccc23)CC1. The van der Waals surface area contributed by atoms with E-state index in [9.17, 15) is 4.79 Å². The molecule has 1 saturated heterocycles. The van der Waals surface area contributed by atoms with Gasteiger partial charge in [0.25, 0.3) is 5.56 Å². The van der Waals surface area contributed by atoms with Gasteiger partial charge in [-0.1, -0.05) is 60.7 Å². The molecule has 0 aliphatic carbocycles. The van der Waals surface area contributed by atoms with E-state index >= 15 is 0 Å². The van der Waals surface area contributed by atoms with Crippen molar-refractivity contribution in [1.29, 1.82) is 0 Å². The molecule has 0 saturated carbocycles. The molecule has 0 amide bonds. The molecule has 4 heteroatoms. The molecule has 3 heterocycles. The third-order valence-electron chi connectivity index (χ3n) is 7.59. The van der Waals surface area contributed by atoms with Gasteiger partial charge in [-0.15, -0.1) is 0 Å². The average Bonchev–Trinajstić information content (AvgIpc) is 3.24. The van der Waals surface area contributed by atoms with Crippen LogP contribution in [0, 0.1) is 5.92 Å². The van der Waals surface area contributed by atoms with Crippen molar-refractivity contribution < 1.29 is 0 Å². The number of hydrogen-bond donors (Lipinski definition) is 2. The van der Waals surface area contributed by atoms with E-state index in [4.69, 9.17) is 0 Å². The number of piperidine rings is 1. The highest BCUT2D eigenvalue weighted by Crippen LogP contribution is 2.49. The Morgan fingerprint density at radius 3 is 2.45 bits per heavy atom. The Hall–Kier alpha value is -3.37. The van der Waals surface area contributed by atoms with Crippen LogP contribution >= 0.6 is 0 Å². The molecule has 2 unspecified atom stereocenters. The summed E-state index contributed by atoms with van der Waals surface area (Å²) in [4.78, 5) is 18.1. The Balaban J connectivity index is 1.23. The van der Waals surface area contributed by atoms with Crippen LogP contribution in [-0.4, -0.2) is 23.0 Å². The van der Waals surface area contributed by atoms with Gasteiger partial charge >= 0.3 is 0 Å². The summed E-state index contributed by atoms with van der Waals surface area (Å²) in [6.07, 6.45) is 4.01. The molecule has 166 valence electrons. The van der Waals surface area contributed by atoms with Crippen molar-refractivity contribution in [1.82, 2.24) is 9.88 Å². The third-order valence-corrected chi connectivity index (χ3v) is 7.59. The van der Waals surface area contributed by atoms with Crippen LogP contribution < -0.4 is 10.9 Å². The highest BCUT2D eigenvalue weighted by atomic mass is 16.1. The maximum absolute atomic E-state index is 12.6. The zero-order chi connectivity index (χ0) is 22.2. The summed E-state index contributed by atoms with van der Waals surface area (Å²) in [5.41, 5.74) is 4.80. The molecule has 0 radical (unpaired) electrons. The number of aromatic amines is 1. The predicted molar refractivity (Wildman–Crippen MR) is 135 cm³/mol. The monoisotopic (exact) mass is 435 g/mol. The van der Waals surface area contributed by atoms with Gasteiger partial charge in [0, 0.05) is 29.9 Å². The number of pyridine rings is 1. The van der Waals surface area contributed by atoms with Gasteiger partial charge in [-0.3, -0.25) is 9.69 Å². The fourth-order valence-electron chi connectivity index (χ4n) is 5.97. The Kier molecular flexibility index (Phi) is 5.23. The Labute approximate surface area is 194 Å². The molecule has 33 heavy (non-hydrogen) atoms. The Morgan fingerprint density at radius 1 is 0.818 bits per heavy atom. The van der Waals surface area contributed by atoms with E-state index in [0.29, 0.717) is 11.8 Å². The first-order valence-electron chi connectivity index (χ1n) is 12.0. The second-order valence-corrected chi connectivity index (χ2v) is 9.44. The number of nitrogens with zero attached hydrogens (tertiary/aromatic N) is 1. The van der Waals surface area contributed by atoms with Crippen LogP contribution in [0.5, 0.6) is 0 Å². The van der Waals surface area contributed by atoms with Crippen LogP contribution in [0.4, 0.5) is 5.69 Å². The van der Waals surface area contributed by atoms with Gasteiger partial charge in [0.1, 0.15) is 0 Å². The molecule has 4 aromatic rings. The third kappa shape index (κ3) is 3.75. The summed E-state index contributed by atoms with van der Waals surface area (Å²) in [5, 5.41) is 6.35. The number of nitrogens with one attached hydrogen (secondary N) is 2. The number of aromatic nitrogens is 1. The first-order chi connectivity index (χ1) is 16.3. The number of H-pyrrole nitrogens is 1. The Bertz CT molecular complexity index is 1330. The van der Waals surface area contributed by atoms with Crippen LogP contribution in [0.15, 0.2) is 89.9 Å². The molecule has 3 aromatic carbocycles. The number of benzene rings is 3.